The number of halogens is 1. The van der Waals surface area contributed by atoms with Gasteiger partial charge in [0.1, 0.15) is 17.8 Å². The van der Waals surface area contributed by atoms with Crippen LogP contribution in [0.25, 0.3) is 11.6 Å². The molecule has 0 fully saturated rings. The molecule has 2 N–H and O–H groups in total. The van der Waals surface area contributed by atoms with Crippen LogP contribution >= 0.6 is 11.6 Å². The number of anilines is 1. The predicted molar refractivity (Wildman–Crippen MR) is 113 cm³/mol. The van der Waals surface area contributed by atoms with E-state index in [2.05, 4.69) is 38.8 Å². The van der Waals surface area contributed by atoms with E-state index in [-0.39, 0.29) is 0 Å². The number of aryl methyl sites for hydroxylation is 1. The highest BCUT2D eigenvalue weighted by Gasteiger charge is 2.13. The Hall–Kier alpha value is -3.37. The average molecular weight is 425 g/mol. The van der Waals surface area contributed by atoms with Crippen LogP contribution in [0.3, 0.4) is 0 Å². The van der Waals surface area contributed by atoms with Gasteiger partial charge in [-0.25, -0.2) is 30.8 Å². The fourth-order valence-corrected chi connectivity index (χ4v) is 2.88. The molecule has 154 valence electrons. The van der Waals surface area contributed by atoms with Gasteiger partial charge in [0, 0.05) is 6.20 Å². The van der Waals surface area contributed by atoms with Gasteiger partial charge in [-0.2, -0.15) is 0 Å². The van der Waals surface area contributed by atoms with Crippen LogP contribution in [0.15, 0.2) is 43.6 Å². The molecule has 0 aromatic carbocycles. The summed E-state index contributed by atoms with van der Waals surface area (Å²) in [6, 6.07) is 0. The number of aromatic nitrogens is 8. The van der Waals surface area contributed by atoms with Gasteiger partial charge in [-0.05, 0) is 12.8 Å². The first-order valence-electron chi connectivity index (χ1n) is 9.31. The number of nitrogens with zero attached hydrogens (tertiary/aromatic N) is 9. The van der Waals surface area contributed by atoms with Crippen molar-refractivity contribution in [2.24, 2.45) is 5.84 Å². The molecule has 0 aliphatic heterocycles. The Morgan fingerprint density at radius 3 is 2.40 bits per heavy atom. The van der Waals surface area contributed by atoms with E-state index in [1.807, 2.05) is 17.7 Å². The summed E-state index contributed by atoms with van der Waals surface area (Å²) in [6.07, 6.45) is 11.8. The van der Waals surface area contributed by atoms with Crippen molar-refractivity contribution in [3.63, 3.8) is 0 Å². The molecular weight excluding hydrogens is 404 g/mol. The van der Waals surface area contributed by atoms with Crippen molar-refractivity contribution in [1.29, 1.82) is 0 Å². The first kappa shape index (κ1) is 19.9. The quantitative estimate of drug-likeness (QED) is 0.371. The topological polar surface area (TPSA) is 116 Å². The van der Waals surface area contributed by atoms with E-state index in [0.29, 0.717) is 35.1 Å². The number of hydrogen-bond acceptors (Lipinski definition) is 8. The zero-order valence-electron chi connectivity index (χ0n) is 16.8. The third-order valence-electron chi connectivity index (χ3n) is 4.55. The van der Waals surface area contributed by atoms with Crippen molar-refractivity contribution >= 4 is 17.4 Å². The van der Waals surface area contributed by atoms with Crippen LogP contribution in [0, 0.1) is 6.92 Å². The van der Waals surface area contributed by atoms with Gasteiger partial charge >= 0.3 is 0 Å². The Morgan fingerprint density at radius 2 is 1.70 bits per heavy atom. The smallest absolute Gasteiger partial charge is 0.161 e. The van der Waals surface area contributed by atoms with Crippen molar-refractivity contribution in [1.82, 2.24) is 39.0 Å². The summed E-state index contributed by atoms with van der Waals surface area (Å²) in [6.45, 7) is 6.43. The van der Waals surface area contributed by atoms with Crippen LogP contribution in [-0.2, 0) is 6.54 Å². The molecule has 0 saturated heterocycles. The normalized spacial score (nSPS) is 11.3. The molecule has 30 heavy (non-hydrogen) atoms. The lowest BCUT2D eigenvalue weighted by Gasteiger charge is -2.16. The second kappa shape index (κ2) is 8.17. The summed E-state index contributed by atoms with van der Waals surface area (Å²) in [4.78, 5) is 26.2. The lowest BCUT2D eigenvalue weighted by molar-refractivity contribution is 0.784. The zero-order valence-corrected chi connectivity index (χ0v) is 17.6. The van der Waals surface area contributed by atoms with Gasteiger partial charge < -0.3 is 0 Å². The molecule has 0 amide bonds. The fraction of sp³-hybridized carbons (Fsp3) is 0.263. The highest BCUT2D eigenvalue weighted by molar-refractivity contribution is 6.29. The van der Waals surface area contributed by atoms with Crippen LogP contribution < -0.4 is 10.9 Å². The van der Waals surface area contributed by atoms with Gasteiger partial charge in [-0.3, -0.25) is 19.1 Å². The third-order valence-corrected chi connectivity index (χ3v) is 4.75. The standard InChI is InChI=1S/C19H21ClN10/c1-12(2)14-7-28(10-25-14)18-6-22-13(3)15(27-18)8-30(21)19-9-29(11-26-19)17-5-23-16(20)4-24-17/h4-7,9-12H,8,21H2,1-3H3. The molecule has 0 unspecified atom stereocenters. The Kier molecular flexibility index (Phi) is 5.42. The van der Waals surface area contributed by atoms with Crippen LogP contribution in [0.5, 0.6) is 0 Å². The Balaban J connectivity index is 1.54. The maximum Gasteiger partial charge on any atom is 0.161 e. The summed E-state index contributed by atoms with van der Waals surface area (Å²) in [7, 11) is 0. The predicted octanol–water partition coefficient (Wildman–Crippen LogP) is 2.60. The lowest BCUT2D eigenvalue weighted by atomic mass is 10.2. The van der Waals surface area contributed by atoms with Crippen LogP contribution in [0.4, 0.5) is 5.82 Å². The van der Waals surface area contributed by atoms with Crippen molar-refractivity contribution in [3.05, 3.63) is 65.9 Å². The molecule has 0 saturated carbocycles. The number of rotatable bonds is 6. The monoisotopic (exact) mass is 424 g/mol. The number of nitrogens with two attached hydrogens (primary N) is 1. The highest BCUT2D eigenvalue weighted by atomic mass is 35.5. The van der Waals surface area contributed by atoms with E-state index in [4.69, 9.17) is 22.4 Å². The van der Waals surface area contributed by atoms with E-state index in [1.54, 1.807) is 35.8 Å². The second-order valence-electron chi connectivity index (χ2n) is 7.09. The van der Waals surface area contributed by atoms with Gasteiger partial charge in [-0.1, -0.05) is 25.4 Å². The van der Waals surface area contributed by atoms with E-state index in [9.17, 15) is 0 Å². The van der Waals surface area contributed by atoms with E-state index in [1.165, 1.54) is 11.2 Å². The molecule has 0 bridgehead atoms. The van der Waals surface area contributed by atoms with Crippen molar-refractivity contribution < 1.29 is 0 Å². The van der Waals surface area contributed by atoms with E-state index in [0.717, 1.165) is 17.1 Å². The molecule has 0 radical (unpaired) electrons. The largest absolute Gasteiger partial charge is 0.289 e. The van der Waals surface area contributed by atoms with Crippen molar-refractivity contribution in [3.8, 4) is 11.6 Å². The first-order chi connectivity index (χ1) is 14.4. The van der Waals surface area contributed by atoms with Crippen molar-refractivity contribution in [2.45, 2.75) is 33.2 Å². The maximum atomic E-state index is 6.26. The fourth-order valence-electron chi connectivity index (χ4n) is 2.78. The van der Waals surface area contributed by atoms with E-state index >= 15 is 0 Å². The van der Waals surface area contributed by atoms with Crippen LogP contribution in [0.1, 0.15) is 36.8 Å². The first-order valence-corrected chi connectivity index (χ1v) is 9.69. The molecule has 4 heterocycles. The molecule has 0 aliphatic rings. The molecule has 0 aliphatic carbocycles. The summed E-state index contributed by atoms with van der Waals surface area (Å²) in [5, 5.41) is 1.83. The molecule has 0 atom stereocenters. The van der Waals surface area contributed by atoms with Crippen LogP contribution in [0.2, 0.25) is 5.15 Å². The second-order valence-corrected chi connectivity index (χ2v) is 7.47. The molecule has 10 nitrogen and oxygen atoms in total. The minimum atomic E-state index is 0.326. The van der Waals surface area contributed by atoms with E-state index < -0.39 is 0 Å². The van der Waals surface area contributed by atoms with Gasteiger partial charge in [-0.15, -0.1) is 0 Å². The molecular formula is C19H21ClN10. The van der Waals surface area contributed by atoms with Crippen LogP contribution in [-0.4, -0.2) is 39.0 Å². The minimum absolute atomic E-state index is 0.326. The molecule has 4 aromatic rings. The number of hydrazine groups is 1. The molecule has 11 heteroatoms. The SMILES string of the molecule is Cc1ncc(-n2cnc(C(C)C)c2)nc1CN(N)c1cn(-c2cnc(Cl)cn2)cn1. The molecule has 0 spiro atoms. The summed E-state index contributed by atoms with van der Waals surface area (Å²) in [5.41, 5.74) is 2.53. The Bertz CT molecular complexity index is 1150. The zero-order chi connectivity index (χ0) is 21.3. The Labute approximate surface area is 178 Å². The summed E-state index contributed by atoms with van der Waals surface area (Å²) >= 11 is 5.79. The summed E-state index contributed by atoms with van der Waals surface area (Å²) < 4.78 is 3.58. The molecule has 4 aromatic heterocycles. The number of imidazole rings is 2. The summed E-state index contributed by atoms with van der Waals surface area (Å²) in [5.74, 6) is 8.43. The minimum Gasteiger partial charge on any atom is -0.289 e. The van der Waals surface area contributed by atoms with Gasteiger partial charge in [0.25, 0.3) is 0 Å². The Morgan fingerprint density at radius 1 is 0.967 bits per heavy atom. The maximum absolute atomic E-state index is 6.26. The average Bonchev–Trinajstić information content (AvgIpc) is 3.40. The lowest BCUT2D eigenvalue weighted by Crippen LogP contribution is -2.31. The van der Waals surface area contributed by atoms with Crippen molar-refractivity contribution in [2.75, 3.05) is 5.01 Å². The highest BCUT2D eigenvalue weighted by Crippen LogP contribution is 2.17. The van der Waals surface area contributed by atoms with Gasteiger partial charge in [0.05, 0.1) is 48.4 Å². The molecule has 4 rings (SSSR count). The third kappa shape index (κ3) is 4.14. The number of hydrogen-bond donors (Lipinski definition) is 1. The van der Waals surface area contributed by atoms with Gasteiger partial charge in [0.2, 0.25) is 0 Å². The van der Waals surface area contributed by atoms with Gasteiger partial charge in [0.15, 0.2) is 17.5 Å².